The van der Waals surface area contributed by atoms with Crippen LogP contribution in [0.3, 0.4) is 0 Å². The average Bonchev–Trinajstić information content (AvgIpc) is 2.57. The van der Waals surface area contributed by atoms with E-state index in [1.54, 1.807) is 30.3 Å². The number of nitrogens with one attached hydrogen (secondary N) is 1. The van der Waals surface area contributed by atoms with Crippen LogP contribution in [-0.4, -0.2) is 12.1 Å². The van der Waals surface area contributed by atoms with E-state index in [4.69, 9.17) is 16.0 Å². The second-order valence-electron chi connectivity index (χ2n) is 4.87. The summed E-state index contributed by atoms with van der Waals surface area (Å²) in [4.78, 5) is 24.3. The van der Waals surface area contributed by atoms with Gasteiger partial charge in [0.25, 0.3) is 5.91 Å². The van der Waals surface area contributed by atoms with Crippen molar-refractivity contribution in [2.24, 2.45) is 5.10 Å². The summed E-state index contributed by atoms with van der Waals surface area (Å²) in [6, 6.07) is 11.7. The maximum atomic E-state index is 12.3. The maximum absolute atomic E-state index is 12.3. The highest BCUT2D eigenvalue weighted by Crippen LogP contribution is 2.16. The van der Waals surface area contributed by atoms with Crippen LogP contribution >= 0.6 is 27.5 Å². The molecule has 0 fully saturated rings. The maximum Gasteiger partial charge on any atom is 0.271 e. The summed E-state index contributed by atoms with van der Waals surface area (Å²) in [5, 5.41) is 4.59. The topological polar surface area (TPSA) is 71.7 Å². The lowest BCUT2D eigenvalue weighted by molar-refractivity contribution is 0.0955. The summed E-state index contributed by atoms with van der Waals surface area (Å²) in [6.45, 7) is 0. The number of amides is 1. The molecule has 1 amide bonds. The molecule has 0 aliphatic heterocycles. The number of carbonyl (C=O) groups excluding carboxylic acids is 1. The number of carbonyl (C=O) groups is 1. The molecule has 3 aromatic rings. The first kappa shape index (κ1) is 16.4. The lowest BCUT2D eigenvalue weighted by Crippen LogP contribution is -2.18. The van der Waals surface area contributed by atoms with E-state index >= 15 is 0 Å². The van der Waals surface area contributed by atoms with Crippen LogP contribution in [0, 0.1) is 0 Å². The van der Waals surface area contributed by atoms with Gasteiger partial charge in [-0.25, -0.2) is 5.43 Å². The Labute approximate surface area is 150 Å². The van der Waals surface area contributed by atoms with Gasteiger partial charge in [0.2, 0.25) is 5.43 Å². The molecule has 0 atom stereocenters. The largest absolute Gasteiger partial charge is 0.463 e. The smallest absolute Gasteiger partial charge is 0.271 e. The molecular formula is C17H10BrClN2O3. The van der Waals surface area contributed by atoms with Crippen LogP contribution < -0.4 is 10.9 Å². The number of hydrogen-bond acceptors (Lipinski definition) is 4. The van der Waals surface area contributed by atoms with Gasteiger partial charge >= 0.3 is 0 Å². The van der Waals surface area contributed by atoms with Crippen molar-refractivity contribution in [3.05, 3.63) is 79.6 Å². The SMILES string of the molecule is O=C(N/N=C/c1coc2ccc(Cl)cc2c1=O)c1cccc(Br)c1. The molecule has 0 unspecified atom stereocenters. The standard InChI is InChI=1S/C17H10BrClN2O3/c18-12-3-1-2-10(6-12)17(23)21-20-8-11-9-24-15-5-4-13(19)7-14(15)16(11)22/h1-9H,(H,21,23)/b20-8+. The third kappa shape index (κ3) is 3.55. The highest BCUT2D eigenvalue weighted by Gasteiger charge is 2.07. The van der Waals surface area contributed by atoms with Gasteiger partial charge < -0.3 is 4.42 Å². The molecule has 7 heteroatoms. The molecule has 0 spiro atoms. The summed E-state index contributed by atoms with van der Waals surface area (Å²) >= 11 is 9.19. The van der Waals surface area contributed by atoms with Gasteiger partial charge in [-0.1, -0.05) is 33.6 Å². The van der Waals surface area contributed by atoms with Crippen molar-refractivity contribution in [1.29, 1.82) is 0 Å². The van der Waals surface area contributed by atoms with Crippen molar-refractivity contribution in [2.45, 2.75) is 0 Å². The Kier molecular flexibility index (Phi) is 4.78. The van der Waals surface area contributed by atoms with Gasteiger partial charge in [-0.2, -0.15) is 5.10 Å². The van der Waals surface area contributed by atoms with E-state index in [1.165, 1.54) is 18.5 Å². The van der Waals surface area contributed by atoms with Crippen LogP contribution in [0.25, 0.3) is 11.0 Å². The summed E-state index contributed by atoms with van der Waals surface area (Å²) < 4.78 is 6.15. The van der Waals surface area contributed by atoms with Crippen molar-refractivity contribution in [3.63, 3.8) is 0 Å². The molecule has 0 saturated heterocycles. The molecule has 1 heterocycles. The van der Waals surface area contributed by atoms with Crippen molar-refractivity contribution in [1.82, 2.24) is 5.43 Å². The summed E-state index contributed by atoms with van der Waals surface area (Å²) in [7, 11) is 0. The molecule has 0 radical (unpaired) electrons. The van der Waals surface area contributed by atoms with Gasteiger partial charge in [-0.15, -0.1) is 0 Å². The second kappa shape index (κ2) is 6.98. The van der Waals surface area contributed by atoms with E-state index in [-0.39, 0.29) is 16.9 Å². The first-order valence-electron chi connectivity index (χ1n) is 6.84. The molecule has 24 heavy (non-hydrogen) atoms. The zero-order valence-electron chi connectivity index (χ0n) is 12.1. The van der Waals surface area contributed by atoms with Gasteiger partial charge in [0.1, 0.15) is 11.8 Å². The predicted molar refractivity (Wildman–Crippen MR) is 96.7 cm³/mol. The Morgan fingerprint density at radius 1 is 1.25 bits per heavy atom. The van der Waals surface area contributed by atoms with Gasteiger partial charge in [0, 0.05) is 15.1 Å². The third-order valence-corrected chi connectivity index (χ3v) is 3.95. The lowest BCUT2D eigenvalue weighted by Gasteiger charge is -2.01. The Hall–Kier alpha value is -2.44. The van der Waals surface area contributed by atoms with Crippen molar-refractivity contribution >= 4 is 50.6 Å². The normalized spacial score (nSPS) is 11.1. The van der Waals surface area contributed by atoms with Crippen LogP contribution in [0.1, 0.15) is 15.9 Å². The molecule has 3 rings (SSSR count). The summed E-state index contributed by atoms with van der Waals surface area (Å²) in [5.41, 5.74) is 3.17. The first-order chi connectivity index (χ1) is 11.5. The van der Waals surface area contributed by atoms with E-state index in [0.717, 1.165) is 4.47 Å². The summed E-state index contributed by atoms with van der Waals surface area (Å²) in [5.74, 6) is -0.388. The lowest BCUT2D eigenvalue weighted by atomic mass is 10.2. The fourth-order valence-electron chi connectivity index (χ4n) is 2.06. The van der Waals surface area contributed by atoms with E-state index in [1.807, 2.05) is 6.07 Å². The monoisotopic (exact) mass is 404 g/mol. The molecular weight excluding hydrogens is 396 g/mol. The Balaban J connectivity index is 1.82. The number of hydrogen-bond donors (Lipinski definition) is 1. The minimum Gasteiger partial charge on any atom is -0.463 e. The fraction of sp³-hybridized carbons (Fsp3) is 0. The van der Waals surface area contributed by atoms with E-state index < -0.39 is 0 Å². The number of halogens is 2. The second-order valence-corrected chi connectivity index (χ2v) is 6.22. The van der Waals surface area contributed by atoms with Crippen LogP contribution in [0.4, 0.5) is 0 Å². The highest BCUT2D eigenvalue weighted by atomic mass is 79.9. The number of hydrazone groups is 1. The fourth-order valence-corrected chi connectivity index (χ4v) is 2.63. The highest BCUT2D eigenvalue weighted by molar-refractivity contribution is 9.10. The van der Waals surface area contributed by atoms with Gasteiger partial charge in [0.15, 0.2) is 0 Å². The quantitative estimate of drug-likeness (QED) is 0.529. The minimum absolute atomic E-state index is 0.208. The molecule has 120 valence electrons. The Morgan fingerprint density at radius 3 is 2.88 bits per heavy atom. The van der Waals surface area contributed by atoms with Gasteiger partial charge in [-0.3, -0.25) is 9.59 Å². The first-order valence-corrected chi connectivity index (χ1v) is 8.02. The number of rotatable bonds is 3. The molecule has 2 aromatic carbocycles. The van der Waals surface area contributed by atoms with Gasteiger partial charge in [0.05, 0.1) is 17.2 Å². The molecule has 0 aliphatic rings. The van der Waals surface area contributed by atoms with Crippen LogP contribution in [-0.2, 0) is 0 Å². The van der Waals surface area contributed by atoms with Crippen molar-refractivity contribution in [2.75, 3.05) is 0 Å². The molecule has 5 nitrogen and oxygen atoms in total. The zero-order valence-corrected chi connectivity index (χ0v) is 14.5. The number of benzene rings is 2. The molecule has 1 N–H and O–H groups in total. The van der Waals surface area contributed by atoms with E-state index in [0.29, 0.717) is 21.6 Å². The van der Waals surface area contributed by atoms with Crippen molar-refractivity contribution in [3.8, 4) is 0 Å². The minimum atomic E-state index is -0.388. The number of nitrogens with zero attached hydrogens (tertiary/aromatic N) is 1. The Bertz CT molecular complexity index is 1010. The Morgan fingerprint density at radius 2 is 2.08 bits per heavy atom. The van der Waals surface area contributed by atoms with E-state index in [9.17, 15) is 9.59 Å². The van der Waals surface area contributed by atoms with Crippen LogP contribution in [0.15, 0.2) is 67.5 Å². The van der Waals surface area contributed by atoms with Crippen molar-refractivity contribution < 1.29 is 9.21 Å². The van der Waals surface area contributed by atoms with Crippen LogP contribution in [0.2, 0.25) is 5.02 Å². The molecule has 0 bridgehead atoms. The van der Waals surface area contributed by atoms with Gasteiger partial charge in [-0.05, 0) is 36.4 Å². The molecule has 1 aromatic heterocycles. The van der Waals surface area contributed by atoms with Crippen LogP contribution in [0.5, 0.6) is 0 Å². The average molecular weight is 406 g/mol. The number of fused-ring (bicyclic) bond motifs is 1. The zero-order chi connectivity index (χ0) is 17.1. The van der Waals surface area contributed by atoms with E-state index in [2.05, 4.69) is 26.5 Å². The molecule has 0 aliphatic carbocycles. The molecule has 0 saturated carbocycles. The third-order valence-electron chi connectivity index (χ3n) is 3.22. The summed E-state index contributed by atoms with van der Waals surface area (Å²) in [6.07, 6.45) is 2.52. The predicted octanol–water partition coefficient (Wildman–Crippen LogP) is 3.97.